The van der Waals surface area contributed by atoms with Gasteiger partial charge >= 0.3 is 17.9 Å². The molecule has 0 aromatic rings. The summed E-state index contributed by atoms with van der Waals surface area (Å²) in [4.78, 5) is 39.5. The van der Waals surface area contributed by atoms with Gasteiger partial charge in [-0.1, -0.05) is 0 Å². The van der Waals surface area contributed by atoms with E-state index < -0.39 is 36.3 Å². The summed E-state index contributed by atoms with van der Waals surface area (Å²) in [5, 5.41) is 24.1. The number of rotatable bonds is 7. The summed E-state index contributed by atoms with van der Waals surface area (Å²) in [6.45, 7) is 0. The molecule has 0 bridgehead atoms. The van der Waals surface area contributed by atoms with Crippen LogP contribution < -0.4 is 11.5 Å². The van der Waals surface area contributed by atoms with Crippen molar-refractivity contribution in [1.29, 1.82) is 0 Å². The Labute approximate surface area is 102 Å². The maximum Gasteiger partial charge on any atom is 0.305 e. The van der Waals surface area contributed by atoms with Gasteiger partial charge in [-0.25, -0.2) is 0 Å². The van der Waals surface area contributed by atoms with E-state index in [2.05, 4.69) is 5.73 Å². The highest BCUT2D eigenvalue weighted by atomic mass is 16.4. The molecule has 0 radical (unpaired) electrons. The molecule has 104 valence electrons. The van der Waals surface area contributed by atoms with Gasteiger partial charge in [-0.2, -0.15) is 0 Å². The third kappa shape index (κ3) is 16.3. The van der Waals surface area contributed by atoms with Gasteiger partial charge in [0.2, 0.25) is 5.91 Å². The normalized spacial score (nSPS) is 10.7. The number of amides is 1. The summed E-state index contributed by atoms with van der Waals surface area (Å²) in [6.07, 6.45) is -0.321. The second-order valence-electron chi connectivity index (χ2n) is 3.25. The fourth-order valence-corrected chi connectivity index (χ4v) is 0.680. The van der Waals surface area contributed by atoms with E-state index in [0.29, 0.717) is 0 Å². The Kier molecular flexibility index (Phi) is 10.1. The molecule has 0 aromatic carbocycles. The van der Waals surface area contributed by atoms with Crippen LogP contribution >= 0.6 is 0 Å². The van der Waals surface area contributed by atoms with E-state index in [4.69, 9.17) is 21.1 Å². The quantitative estimate of drug-likeness (QED) is 0.372. The minimum Gasteiger partial charge on any atom is -0.481 e. The topological polar surface area (TPSA) is 181 Å². The number of hydrogen-bond donors (Lipinski definition) is 5. The van der Waals surface area contributed by atoms with Gasteiger partial charge in [-0.05, 0) is 6.42 Å². The van der Waals surface area contributed by atoms with Gasteiger partial charge in [0.25, 0.3) is 0 Å². The van der Waals surface area contributed by atoms with Gasteiger partial charge in [-0.3, -0.25) is 19.2 Å². The van der Waals surface area contributed by atoms with Crippen LogP contribution in [0.5, 0.6) is 0 Å². The average Bonchev–Trinajstić information content (AvgIpc) is 2.15. The molecule has 0 saturated carbocycles. The predicted octanol–water partition coefficient (Wildman–Crippen LogP) is -1.40. The third-order valence-corrected chi connectivity index (χ3v) is 1.54. The summed E-state index contributed by atoms with van der Waals surface area (Å²) in [6, 6.07) is -1.07. The van der Waals surface area contributed by atoms with Crippen LogP contribution in [0.1, 0.15) is 25.7 Å². The van der Waals surface area contributed by atoms with E-state index in [9.17, 15) is 19.2 Å². The van der Waals surface area contributed by atoms with Gasteiger partial charge in [0.15, 0.2) is 0 Å². The highest BCUT2D eigenvalue weighted by Crippen LogP contribution is 1.93. The first-order valence-electron chi connectivity index (χ1n) is 4.87. The van der Waals surface area contributed by atoms with Gasteiger partial charge in [0.05, 0.1) is 12.5 Å². The Morgan fingerprint density at radius 3 is 1.44 bits per heavy atom. The summed E-state index contributed by atoms with van der Waals surface area (Å²) >= 11 is 0. The van der Waals surface area contributed by atoms with E-state index in [1.165, 1.54) is 0 Å². The second kappa shape index (κ2) is 10.0. The molecule has 0 fully saturated rings. The number of carbonyl (C=O) groups is 4. The molecule has 1 atom stereocenters. The summed E-state index contributed by atoms with van der Waals surface area (Å²) in [5.41, 5.74) is 9.62. The maximum atomic E-state index is 10.1. The summed E-state index contributed by atoms with van der Waals surface area (Å²) in [5.74, 6) is -3.81. The van der Waals surface area contributed by atoms with Crippen LogP contribution in [0.15, 0.2) is 0 Å². The fourth-order valence-electron chi connectivity index (χ4n) is 0.680. The van der Waals surface area contributed by atoms with Crippen molar-refractivity contribution in [2.45, 2.75) is 31.7 Å². The van der Waals surface area contributed by atoms with Crippen molar-refractivity contribution >= 4 is 23.8 Å². The van der Waals surface area contributed by atoms with Crippen molar-refractivity contribution in [2.24, 2.45) is 11.5 Å². The second-order valence-corrected chi connectivity index (χ2v) is 3.25. The molecule has 0 aliphatic carbocycles. The van der Waals surface area contributed by atoms with Crippen molar-refractivity contribution in [3.05, 3.63) is 0 Å². The predicted molar refractivity (Wildman–Crippen MR) is 58.5 cm³/mol. The number of carboxylic acids is 3. The zero-order chi connectivity index (χ0) is 14.7. The SMILES string of the molecule is NC(=O)C(N)CC(=O)O.O=C(O)CCCC(=O)O. The smallest absolute Gasteiger partial charge is 0.305 e. The largest absolute Gasteiger partial charge is 0.481 e. The average molecular weight is 264 g/mol. The van der Waals surface area contributed by atoms with Crippen molar-refractivity contribution in [3.63, 3.8) is 0 Å². The zero-order valence-electron chi connectivity index (χ0n) is 9.54. The number of nitrogens with two attached hydrogens (primary N) is 2. The molecule has 9 nitrogen and oxygen atoms in total. The minimum absolute atomic E-state index is 0.0632. The lowest BCUT2D eigenvalue weighted by atomic mass is 10.2. The molecule has 18 heavy (non-hydrogen) atoms. The number of carboxylic acid groups (broad SMARTS) is 3. The van der Waals surface area contributed by atoms with Crippen LogP contribution in [0.4, 0.5) is 0 Å². The monoisotopic (exact) mass is 264 g/mol. The van der Waals surface area contributed by atoms with Crippen LogP contribution in [-0.2, 0) is 19.2 Å². The van der Waals surface area contributed by atoms with Gasteiger partial charge in [-0.15, -0.1) is 0 Å². The molecule has 9 heteroatoms. The lowest BCUT2D eigenvalue weighted by Gasteiger charge is -2.00. The summed E-state index contributed by atoms with van der Waals surface area (Å²) in [7, 11) is 0. The first kappa shape index (κ1) is 18.2. The lowest BCUT2D eigenvalue weighted by Crippen LogP contribution is -2.38. The van der Waals surface area contributed by atoms with Crippen LogP contribution in [0.3, 0.4) is 0 Å². The molecular formula is C9H16N2O7. The van der Waals surface area contributed by atoms with Gasteiger partial charge in [0.1, 0.15) is 0 Å². The van der Waals surface area contributed by atoms with Crippen LogP contribution in [0.2, 0.25) is 0 Å². The van der Waals surface area contributed by atoms with Crippen molar-refractivity contribution in [1.82, 2.24) is 0 Å². The number of aliphatic carboxylic acids is 3. The molecule has 0 aliphatic heterocycles. The van der Waals surface area contributed by atoms with E-state index >= 15 is 0 Å². The molecule has 0 aromatic heterocycles. The van der Waals surface area contributed by atoms with E-state index in [1.54, 1.807) is 0 Å². The molecule has 0 aliphatic rings. The first-order valence-corrected chi connectivity index (χ1v) is 4.87. The fraction of sp³-hybridized carbons (Fsp3) is 0.556. The first-order chi connectivity index (χ1) is 8.16. The van der Waals surface area contributed by atoms with Crippen molar-refractivity contribution < 1.29 is 34.5 Å². The van der Waals surface area contributed by atoms with E-state index in [1.807, 2.05) is 0 Å². The highest BCUT2D eigenvalue weighted by Gasteiger charge is 2.12. The molecule has 0 heterocycles. The van der Waals surface area contributed by atoms with E-state index in [-0.39, 0.29) is 19.3 Å². The van der Waals surface area contributed by atoms with Crippen molar-refractivity contribution in [2.75, 3.05) is 0 Å². The zero-order valence-corrected chi connectivity index (χ0v) is 9.54. The highest BCUT2D eigenvalue weighted by molar-refractivity contribution is 5.84. The molecular weight excluding hydrogens is 248 g/mol. The number of carbonyl (C=O) groups excluding carboxylic acids is 1. The Morgan fingerprint density at radius 2 is 1.28 bits per heavy atom. The molecule has 7 N–H and O–H groups in total. The van der Waals surface area contributed by atoms with Gasteiger partial charge in [0, 0.05) is 12.8 Å². The van der Waals surface area contributed by atoms with Crippen LogP contribution in [0, 0.1) is 0 Å². The number of primary amides is 1. The Morgan fingerprint density at radius 1 is 0.889 bits per heavy atom. The minimum atomic E-state index is -1.12. The summed E-state index contributed by atoms with van der Waals surface area (Å²) < 4.78 is 0. The molecule has 1 amide bonds. The van der Waals surface area contributed by atoms with Gasteiger partial charge < -0.3 is 26.8 Å². The van der Waals surface area contributed by atoms with Crippen LogP contribution in [-0.4, -0.2) is 45.2 Å². The Balaban J connectivity index is 0. The standard InChI is InChI=1S/C5H8O4.C4H8N2O3/c6-4(7)2-1-3-5(8)9;5-2(4(6)9)1-3(7)8/h1-3H2,(H,6,7)(H,8,9);2H,1,5H2,(H2,6,9)(H,7,8). The van der Waals surface area contributed by atoms with E-state index in [0.717, 1.165) is 0 Å². The molecule has 0 rings (SSSR count). The Bertz CT molecular complexity index is 302. The Hall–Kier alpha value is -2.16. The number of hydrogen-bond acceptors (Lipinski definition) is 5. The molecule has 0 spiro atoms. The van der Waals surface area contributed by atoms with Crippen molar-refractivity contribution in [3.8, 4) is 0 Å². The lowest BCUT2D eigenvalue weighted by molar-refractivity contribution is -0.139. The van der Waals surface area contributed by atoms with Crippen LogP contribution in [0.25, 0.3) is 0 Å². The third-order valence-electron chi connectivity index (χ3n) is 1.54. The molecule has 0 saturated heterocycles. The molecule has 1 unspecified atom stereocenters. The maximum absolute atomic E-state index is 10.1.